The van der Waals surface area contributed by atoms with Crippen LogP contribution in [0.15, 0.2) is 30.5 Å². The van der Waals surface area contributed by atoms with E-state index in [0.29, 0.717) is 49.3 Å². The number of hydrogen-bond acceptors (Lipinski definition) is 8. The van der Waals surface area contributed by atoms with E-state index in [-0.39, 0.29) is 52.1 Å². The van der Waals surface area contributed by atoms with Gasteiger partial charge in [-0.15, -0.1) is 6.42 Å². The van der Waals surface area contributed by atoms with Crippen LogP contribution < -0.4 is 9.64 Å². The molecule has 44 heavy (non-hydrogen) atoms. The van der Waals surface area contributed by atoms with Crippen LogP contribution in [0.5, 0.6) is 11.8 Å². The van der Waals surface area contributed by atoms with Crippen molar-refractivity contribution >= 4 is 27.5 Å². The number of fused-ring (bicyclic) bond motifs is 3. The second kappa shape index (κ2) is 11.1. The Morgan fingerprint density at radius 1 is 1.20 bits per heavy atom. The van der Waals surface area contributed by atoms with Gasteiger partial charge in [-0.3, -0.25) is 9.88 Å². The fraction of sp³-hybridized carbons (Fsp3) is 0.424. The number of halogens is 3. The SMILES string of the molecule is C#Cc1c(F)ccc2cc(O)cc(-c3ncc4c(N5CCOCCC5C)nc(OCC56CCCN5CC(F)C6)nc4c3F)c12. The molecule has 3 aliphatic heterocycles. The van der Waals surface area contributed by atoms with Crippen LogP contribution in [-0.2, 0) is 4.74 Å². The maximum atomic E-state index is 16.7. The molecule has 0 spiro atoms. The highest BCUT2D eigenvalue weighted by Gasteiger charge is 2.49. The average Bonchev–Trinajstić information content (AvgIpc) is 3.44. The van der Waals surface area contributed by atoms with Crippen LogP contribution in [-0.4, -0.2) is 82.2 Å². The third kappa shape index (κ3) is 4.77. The van der Waals surface area contributed by atoms with Crippen LogP contribution in [0.25, 0.3) is 32.9 Å². The summed E-state index contributed by atoms with van der Waals surface area (Å²) in [6.07, 6.45) is 9.08. The van der Waals surface area contributed by atoms with Gasteiger partial charge in [-0.1, -0.05) is 12.0 Å². The number of terminal acetylenes is 1. The number of ether oxygens (including phenoxy) is 2. The fourth-order valence-electron chi connectivity index (χ4n) is 7.10. The van der Waals surface area contributed by atoms with Crippen LogP contribution >= 0.6 is 0 Å². The van der Waals surface area contributed by atoms with Gasteiger partial charge in [-0.2, -0.15) is 9.97 Å². The quantitative estimate of drug-likeness (QED) is 0.305. The molecule has 2 aromatic carbocycles. The number of aromatic nitrogens is 3. The third-order valence-electron chi connectivity index (χ3n) is 9.29. The van der Waals surface area contributed by atoms with Crippen molar-refractivity contribution in [1.82, 2.24) is 19.9 Å². The molecule has 3 atom stereocenters. The molecule has 2 aromatic heterocycles. The fourth-order valence-corrected chi connectivity index (χ4v) is 7.10. The zero-order chi connectivity index (χ0) is 30.6. The highest BCUT2D eigenvalue weighted by Crippen LogP contribution is 2.42. The molecule has 0 saturated carbocycles. The maximum Gasteiger partial charge on any atom is 0.319 e. The zero-order valence-electron chi connectivity index (χ0n) is 24.3. The van der Waals surface area contributed by atoms with Crippen molar-refractivity contribution in [3.05, 3.63) is 47.7 Å². The standard InChI is InChI=1S/C33H32F3N5O3/c1-3-23-26(35)6-5-20-13-22(42)14-24(27(20)23)29-28(36)30-25(16-37-29)31(41-10-12-43-11-7-19(41)2)39-32(38-30)44-18-33-8-4-9-40(33)17-21(34)15-33/h1,5-6,13-14,16,19,21,42H,4,7-12,15,17-18H2,2H3. The molecule has 3 saturated heterocycles. The Balaban J connectivity index is 1.39. The first-order chi connectivity index (χ1) is 21.3. The molecule has 0 aliphatic carbocycles. The number of alkyl halides is 1. The lowest BCUT2D eigenvalue weighted by Gasteiger charge is -2.31. The summed E-state index contributed by atoms with van der Waals surface area (Å²) >= 11 is 0. The third-order valence-corrected chi connectivity index (χ3v) is 9.29. The van der Waals surface area contributed by atoms with E-state index in [1.165, 1.54) is 30.5 Å². The second-order valence-electron chi connectivity index (χ2n) is 12.0. The molecule has 0 bridgehead atoms. The summed E-state index contributed by atoms with van der Waals surface area (Å²) in [6.45, 7) is 4.97. The van der Waals surface area contributed by atoms with E-state index in [1.807, 2.05) is 11.8 Å². The minimum atomic E-state index is -0.925. The van der Waals surface area contributed by atoms with E-state index in [4.69, 9.17) is 20.9 Å². The van der Waals surface area contributed by atoms with Crippen LogP contribution in [0.1, 0.15) is 38.2 Å². The van der Waals surface area contributed by atoms with Crippen molar-refractivity contribution < 1.29 is 27.8 Å². The van der Waals surface area contributed by atoms with Gasteiger partial charge in [0.1, 0.15) is 41.4 Å². The molecule has 3 fully saturated rings. The molecule has 228 valence electrons. The van der Waals surface area contributed by atoms with Gasteiger partial charge >= 0.3 is 6.01 Å². The molecule has 7 rings (SSSR count). The minimum absolute atomic E-state index is 0.0217. The van der Waals surface area contributed by atoms with E-state index >= 15 is 4.39 Å². The predicted molar refractivity (Wildman–Crippen MR) is 161 cm³/mol. The summed E-state index contributed by atoms with van der Waals surface area (Å²) < 4.78 is 57.8. The van der Waals surface area contributed by atoms with Crippen LogP contribution in [0.4, 0.5) is 19.0 Å². The molecule has 5 heterocycles. The number of pyridine rings is 1. The van der Waals surface area contributed by atoms with Crippen molar-refractivity contribution in [2.75, 3.05) is 44.4 Å². The average molecular weight is 604 g/mol. The highest BCUT2D eigenvalue weighted by atomic mass is 19.1. The normalized spacial score (nSPS) is 24.0. The Hall–Kier alpha value is -4.14. The summed E-state index contributed by atoms with van der Waals surface area (Å²) in [7, 11) is 0. The van der Waals surface area contributed by atoms with Gasteiger partial charge in [-0.25, -0.2) is 13.2 Å². The summed E-state index contributed by atoms with van der Waals surface area (Å²) in [6, 6.07) is 5.42. The molecule has 0 radical (unpaired) electrons. The number of rotatable bonds is 5. The monoisotopic (exact) mass is 603 g/mol. The number of benzene rings is 2. The Morgan fingerprint density at radius 3 is 2.91 bits per heavy atom. The van der Waals surface area contributed by atoms with Gasteiger partial charge in [-0.05, 0) is 56.3 Å². The lowest BCUT2D eigenvalue weighted by Crippen LogP contribution is -2.43. The van der Waals surface area contributed by atoms with Crippen molar-refractivity contribution in [2.24, 2.45) is 0 Å². The smallest absolute Gasteiger partial charge is 0.319 e. The number of anilines is 1. The largest absolute Gasteiger partial charge is 0.508 e. The van der Waals surface area contributed by atoms with E-state index in [9.17, 15) is 13.9 Å². The molecule has 0 amide bonds. The number of nitrogens with zero attached hydrogens (tertiary/aromatic N) is 5. The van der Waals surface area contributed by atoms with Crippen molar-refractivity contribution in [3.63, 3.8) is 0 Å². The number of phenolic OH excluding ortho intramolecular Hbond substituents is 1. The second-order valence-corrected chi connectivity index (χ2v) is 12.0. The van der Waals surface area contributed by atoms with Gasteiger partial charge in [0.2, 0.25) is 0 Å². The van der Waals surface area contributed by atoms with Crippen LogP contribution in [0.2, 0.25) is 0 Å². The first-order valence-electron chi connectivity index (χ1n) is 14.9. The van der Waals surface area contributed by atoms with Gasteiger partial charge in [0.15, 0.2) is 5.82 Å². The Labute approximate surface area is 252 Å². The maximum absolute atomic E-state index is 16.7. The van der Waals surface area contributed by atoms with Crippen molar-refractivity contribution in [3.8, 4) is 35.4 Å². The first kappa shape index (κ1) is 28.6. The van der Waals surface area contributed by atoms with Gasteiger partial charge in [0, 0.05) is 49.3 Å². The number of aromatic hydroxyl groups is 1. The molecular weight excluding hydrogens is 571 g/mol. The molecule has 4 aromatic rings. The predicted octanol–water partition coefficient (Wildman–Crippen LogP) is 5.38. The highest BCUT2D eigenvalue weighted by molar-refractivity contribution is 6.03. The van der Waals surface area contributed by atoms with Gasteiger partial charge < -0.3 is 19.5 Å². The summed E-state index contributed by atoms with van der Waals surface area (Å²) in [5.41, 5.74) is -0.572. The summed E-state index contributed by atoms with van der Waals surface area (Å²) in [5, 5.41) is 11.6. The molecule has 11 heteroatoms. The molecular formula is C33H32F3N5O3. The lowest BCUT2D eigenvalue weighted by atomic mass is 9.95. The first-order valence-corrected chi connectivity index (χ1v) is 14.9. The van der Waals surface area contributed by atoms with Crippen molar-refractivity contribution in [2.45, 2.75) is 50.4 Å². The number of hydrogen-bond donors (Lipinski definition) is 1. The van der Waals surface area contributed by atoms with Crippen molar-refractivity contribution in [1.29, 1.82) is 0 Å². The topological polar surface area (TPSA) is 83.8 Å². The van der Waals surface area contributed by atoms with Crippen LogP contribution in [0, 0.1) is 24.0 Å². The molecule has 8 nitrogen and oxygen atoms in total. The minimum Gasteiger partial charge on any atom is -0.508 e. The Bertz CT molecular complexity index is 1810. The van der Waals surface area contributed by atoms with E-state index in [1.54, 1.807) is 0 Å². The summed E-state index contributed by atoms with van der Waals surface area (Å²) in [5.74, 6) is 1.22. The summed E-state index contributed by atoms with van der Waals surface area (Å²) in [4.78, 5) is 17.9. The number of phenols is 1. The van der Waals surface area contributed by atoms with E-state index < -0.39 is 23.3 Å². The van der Waals surface area contributed by atoms with E-state index in [2.05, 4.69) is 20.8 Å². The van der Waals surface area contributed by atoms with Gasteiger partial charge in [0.05, 0.1) is 23.1 Å². The molecule has 1 N–H and O–H groups in total. The van der Waals surface area contributed by atoms with Gasteiger partial charge in [0.25, 0.3) is 0 Å². The Morgan fingerprint density at radius 2 is 2.07 bits per heavy atom. The Kier molecular flexibility index (Phi) is 7.22. The lowest BCUT2D eigenvalue weighted by molar-refractivity contribution is 0.107. The zero-order valence-corrected chi connectivity index (χ0v) is 24.3. The van der Waals surface area contributed by atoms with Crippen LogP contribution in [0.3, 0.4) is 0 Å². The van der Waals surface area contributed by atoms with E-state index in [0.717, 1.165) is 25.8 Å². The molecule has 3 unspecified atom stereocenters. The molecule has 3 aliphatic rings.